The Hall–Kier alpha value is -1.52. The zero-order valence-electron chi connectivity index (χ0n) is 10.9. The third kappa shape index (κ3) is 2.35. The van der Waals surface area contributed by atoms with Crippen molar-refractivity contribution in [1.82, 2.24) is 9.78 Å². The van der Waals surface area contributed by atoms with Crippen molar-refractivity contribution in [1.29, 1.82) is 0 Å². The van der Waals surface area contributed by atoms with E-state index in [1.54, 1.807) is 4.68 Å². The molecule has 0 saturated heterocycles. The highest BCUT2D eigenvalue weighted by molar-refractivity contribution is 5.70. The van der Waals surface area contributed by atoms with Crippen LogP contribution >= 0.6 is 0 Å². The van der Waals surface area contributed by atoms with Crippen LogP contribution < -0.4 is 5.56 Å². The van der Waals surface area contributed by atoms with Crippen molar-refractivity contribution in [2.24, 2.45) is 0 Å². The van der Waals surface area contributed by atoms with Gasteiger partial charge in [0.15, 0.2) is 0 Å². The molecule has 0 unspecified atom stereocenters. The summed E-state index contributed by atoms with van der Waals surface area (Å²) in [5.74, 6) is -0.818. The summed E-state index contributed by atoms with van der Waals surface area (Å²) >= 11 is 0. The highest BCUT2D eigenvalue weighted by Gasteiger charge is 2.24. The third-order valence-electron chi connectivity index (χ3n) is 3.64. The highest BCUT2D eigenvalue weighted by Crippen LogP contribution is 2.28. The van der Waals surface area contributed by atoms with E-state index >= 15 is 0 Å². The van der Waals surface area contributed by atoms with E-state index in [0.717, 1.165) is 31.4 Å². The van der Waals surface area contributed by atoms with E-state index in [9.17, 15) is 9.59 Å². The lowest BCUT2D eigenvalue weighted by Crippen LogP contribution is -2.23. The van der Waals surface area contributed by atoms with E-state index in [2.05, 4.69) is 5.10 Å². The summed E-state index contributed by atoms with van der Waals surface area (Å²) in [5, 5.41) is 12.0. The Bertz CT molecular complexity index is 493. The van der Waals surface area contributed by atoms with Crippen LogP contribution in [0, 0.1) is 0 Å². The molecule has 1 aliphatic rings. The molecule has 5 nitrogen and oxygen atoms in total. The maximum absolute atomic E-state index is 12.3. The Kier molecular flexibility index (Phi) is 3.59. The summed E-state index contributed by atoms with van der Waals surface area (Å²) in [5.41, 5.74) is 1.05. The van der Waals surface area contributed by atoms with Crippen LogP contribution in [-0.4, -0.2) is 20.9 Å². The van der Waals surface area contributed by atoms with Crippen LogP contribution in [0.25, 0.3) is 0 Å². The summed E-state index contributed by atoms with van der Waals surface area (Å²) in [6, 6.07) is 0.220. The molecule has 1 heterocycles. The predicted molar refractivity (Wildman–Crippen MR) is 68.0 cm³/mol. The fourth-order valence-corrected chi connectivity index (χ4v) is 2.73. The molecule has 18 heavy (non-hydrogen) atoms. The first-order valence-electron chi connectivity index (χ1n) is 6.55. The molecule has 0 aliphatic heterocycles. The van der Waals surface area contributed by atoms with Gasteiger partial charge in [-0.25, -0.2) is 4.68 Å². The van der Waals surface area contributed by atoms with E-state index in [1.807, 2.05) is 13.8 Å². The second-order valence-electron chi connectivity index (χ2n) is 5.34. The zero-order chi connectivity index (χ0) is 13.3. The van der Waals surface area contributed by atoms with Gasteiger partial charge in [-0.1, -0.05) is 26.7 Å². The van der Waals surface area contributed by atoms with Gasteiger partial charge in [0.05, 0.1) is 18.0 Å². The highest BCUT2D eigenvalue weighted by atomic mass is 16.4. The molecular weight excluding hydrogens is 232 g/mol. The number of aromatic nitrogens is 2. The maximum Gasteiger partial charge on any atom is 0.308 e. The van der Waals surface area contributed by atoms with Crippen molar-refractivity contribution in [2.75, 3.05) is 0 Å². The molecule has 2 N–H and O–H groups in total. The van der Waals surface area contributed by atoms with E-state index < -0.39 is 5.97 Å². The van der Waals surface area contributed by atoms with Gasteiger partial charge in [-0.05, 0) is 18.8 Å². The van der Waals surface area contributed by atoms with Gasteiger partial charge in [0.1, 0.15) is 0 Å². The Morgan fingerprint density at radius 1 is 1.44 bits per heavy atom. The van der Waals surface area contributed by atoms with Gasteiger partial charge < -0.3 is 5.11 Å². The van der Waals surface area contributed by atoms with E-state index in [0.29, 0.717) is 5.56 Å². The van der Waals surface area contributed by atoms with Gasteiger partial charge in [-0.2, -0.15) is 0 Å². The number of nitrogens with one attached hydrogen (secondary N) is 1. The molecule has 2 rings (SSSR count). The Morgan fingerprint density at radius 2 is 2.06 bits per heavy atom. The predicted octanol–water partition coefficient (Wildman–Crippen LogP) is 2.04. The second kappa shape index (κ2) is 5.00. The molecule has 1 fully saturated rings. The molecule has 0 bridgehead atoms. The fraction of sp³-hybridized carbons (Fsp3) is 0.692. The van der Waals surface area contributed by atoms with E-state index in [4.69, 9.17) is 5.11 Å². The smallest absolute Gasteiger partial charge is 0.308 e. The SMILES string of the molecule is CC(C)c1[nH]n(C2CCCC2)c(=O)c1CC(=O)O. The molecule has 0 aromatic carbocycles. The fourth-order valence-electron chi connectivity index (χ4n) is 2.73. The minimum absolute atomic E-state index is 0.134. The number of H-pyrrole nitrogens is 1. The van der Waals surface area contributed by atoms with Crippen LogP contribution in [0.3, 0.4) is 0 Å². The molecule has 1 aromatic heterocycles. The lowest BCUT2D eigenvalue weighted by atomic mass is 10.0. The van der Waals surface area contributed by atoms with Crippen molar-refractivity contribution < 1.29 is 9.90 Å². The van der Waals surface area contributed by atoms with E-state index in [1.165, 1.54) is 0 Å². The average molecular weight is 252 g/mol. The molecule has 0 radical (unpaired) electrons. The van der Waals surface area contributed by atoms with Crippen LogP contribution in [0.1, 0.15) is 62.7 Å². The normalized spacial score (nSPS) is 16.6. The van der Waals surface area contributed by atoms with E-state index in [-0.39, 0.29) is 23.9 Å². The first kappa shape index (κ1) is 12.9. The third-order valence-corrected chi connectivity index (χ3v) is 3.64. The largest absolute Gasteiger partial charge is 0.481 e. The molecule has 5 heteroatoms. The first-order chi connectivity index (χ1) is 8.50. The molecule has 0 amide bonds. The van der Waals surface area contributed by atoms with Gasteiger partial charge in [0.2, 0.25) is 0 Å². The monoisotopic (exact) mass is 252 g/mol. The van der Waals surface area contributed by atoms with Crippen LogP contribution in [0.2, 0.25) is 0 Å². The number of carboxylic acids is 1. The summed E-state index contributed by atoms with van der Waals surface area (Å²) in [7, 11) is 0. The molecule has 1 saturated carbocycles. The Morgan fingerprint density at radius 3 is 2.56 bits per heavy atom. The van der Waals surface area contributed by atoms with Gasteiger partial charge in [-0.15, -0.1) is 0 Å². The Balaban J connectivity index is 2.43. The number of nitrogens with zero attached hydrogens (tertiary/aromatic N) is 1. The lowest BCUT2D eigenvalue weighted by Gasteiger charge is -2.10. The summed E-state index contributed by atoms with van der Waals surface area (Å²) in [6.07, 6.45) is 4.10. The van der Waals surface area contributed by atoms with Crippen molar-refractivity contribution in [3.05, 3.63) is 21.6 Å². The average Bonchev–Trinajstić information content (AvgIpc) is 2.87. The van der Waals surface area contributed by atoms with Crippen molar-refractivity contribution >= 4 is 5.97 Å². The maximum atomic E-state index is 12.3. The lowest BCUT2D eigenvalue weighted by molar-refractivity contribution is -0.136. The number of hydrogen-bond donors (Lipinski definition) is 2. The molecular formula is C13H20N2O3. The number of aromatic amines is 1. The number of hydrogen-bond acceptors (Lipinski definition) is 2. The van der Waals surface area contributed by atoms with Gasteiger partial charge in [-0.3, -0.25) is 14.7 Å². The van der Waals surface area contributed by atoms with Crippen LogP contribution in [-0.2, 0) is 11.2 Å². The number of aliphatic carboxylic acids is 1. The standard InChI is InChI=1S/C13H20N2O3/c1-8(2)12-10(7-11(16)17)13(18)15(14-12)9-5-3-4-6-9/h8-9,14H,3-7H2,1-2H3,(H,16,17). The molecule has 0 spiro atoms. The topological polar surface area (TPSA) is 75.1 Å². The minimum Gasteiger partial charge on any atom is -0.481 e. The minimum atomic E-state index is -0.952. The van der Waals surface area contributed by atoms with Crippen LogP contribution in [0.5, 0.6) is 0 Å². The molecule has 1 aliphatic carbocycles. The zero-order valence-corrected chi connectivity index (χ0v) is 10.9. The summed E-state index contributed by atoms with van der Waals surface area (Å²) < 4.78 is 1.65. The van der Waals surface area contributed by atoms with Crippen molar-refractivity contribution in [3.8, 4) is 0 Å². The van der Waals surface area contributed by atoms with Gasteiger partial charge in [0, 0.05) is 5.69 Å². The van der Waals surface area contributed by atoms with Crippen molar-refractivity contribution in [2.45, 2.75) is 57.9 Å². The Labute approximate surface area is 106 Å². The summed E-state index contributed by atoms with van der Waals surface area (Å²) in [6.45, 7) is 3.94. The number of rotatable bonds is 4. The quantitative estimate of drug-likeness (QED) is 0.861. The number of carboxylic acid groups (broad SMARTS) is 1. The van der Waals surface area contributed by atoms with Gasteiger partial charge in [0.25, 0.3) is 5.56 Å². The van der Waals surface area contributed by atoms with Crippen molar-refractivity contribution in [3.63, 3.8) is 0 Å². The summed E-state index contributed by atoms with van der Waals surface area (Å²) in [4.78, 5) is 23.1. The van der Waals surface area contributed by atoms with Crippen LogP contribution in [0.15, 0.2) is 4.79 Å². The molecule has 0 atom stereocenters. The molecule has 1 aromatic rings. The van der Waals surface area contributed by atoms with Gasteiger partial charge >= 0.3 is 5.97 Å². The second-order valence-corrected chi connectivity index (χ2v) is 5.34. The first-order valence-corrected chi connectivity index (χ1v) is 6.55. The molecule has 100 valence electrons. The van der Waals surface area contributed by atoms with Crippen LogP contribution in [0.4, 0.5) is 0 Å². The number of carbonyl (C=O) groups is 1.